The summed E-state index contributed by atoms with van der Waals surface area (Å²) < 4.78 is 18.9. The summed E-state index contributed by atoms with van der Waals surface area (Å²) in [7, 11) is 0. The zero-order valence-electron chi connectivity index (χ0n) is 11.9. The predicted molar refractivity (Wildman–Crippen MR) is 73.8 cm³/mol. The zero-order chi connectivity index (χ0) is 14.8. The van der Waals surface area contributed by atoms with E-state index in [1.165, 1.54) is 12.1 Å². The van der Waals surface area contributed by atoms with Gasteiger partial charge < -0.3 is 14.9 Å². The van der Waals surface area contributed by atoms with E-state index in [2.05, 4.69) is 0 Å². The molecule has 1 fully saturated rings. The Balaban J connectivity index is 1.98. The van der Waals surface area contributed by atoms with E-state index in [1.54, 1.807) is 19.9 Å². The number of rotatable bonds is 4. The van der Waals surface area contributed by atoms with Crippen molar-refractivity contribution in [2.24, 2.45) is 0 Å². The van der Waals surface area contributed by atoms with E-state index in [1.807, 2.05) is 11.0 Å². The highest BCUT2D eigenvalue weighted by Gasteiger charge is 2.29. The van der Waals surface area contributed by atoms with E-state index < -0.39 is 11.7 Å². The fourth-order valence-electron chi connectivity index (χ4n) is 2.24. The molecule has 2 N–H and O–H groups in total. The van der Waals surface area contributed by atoms with Gasteiger partial charge in [0.2, 0.25) is 0 Å². The van der Waals surface area contributed by atoms with Gasteiger partial charge in [-0.25, -0.2) is 4.39 Å². The summed E-state index contributed by atoms with van der Waals surface area (Å²) in [5, 5.41) is 19.7. The number of morpholine rings is 1. The standard InChI is InChI=1S/C15H22FNO3/c1-15(2,19)14(18)10-17-6-7-20-13(9-17)11-4-3-5-12(16)8-11/h3-5,8,13-14,18-19H,6-7,9-10H2,1-2H3. The number of nitrogens with zero attached hydrogens (tertiary/aromatic N) is 1. The second-order valence-electron chi connectivity index (χ2n) is 5.84. The number of aliphatic hydroxyl groups excluding tert-OH is 1. The molecule has 0 radical (unpaired) electrons. The highest BCUT2D eigenvalue weighted by Crippen LogP contribution is 2.23. The molecule has 0 amide bonds. The van der Waals surface area contributed by atoms with Crippen LogP contribution in [0.3, 0.4) is 0 Å². The topological polar surface area (TPSA) is 52.9 Å². The van der Waals surface area contributed by atoms with Crippen molar-refractivity contribution < 1.29 is 19.3 Å². The number of β-amino-alcohol motifs (C(OH)–C–C–N with tert-alkyl or cyclic N) is 1. The summed E-state index contributed by atoms with van der Waals surface area (Å²) in [5.74, 6) is -0.278. The van der Waals surface area contributed by atoms with Crippen molar-refractivity contribution in [3.8, 4) is 0 Å². The molecule has 2 atom stereocenters. The van der Waals surface area contributed by atoms with Gasteiger partial charge in [-0.15, -0.1) is 0 Å². The lowest BCUT2D eigenvalue weighted by Gasteiger charge is -2.36. The molecule has 0 bridgehead atoms. The van der Waals surface area contributed by atoms with E-state index in [9.17, 15) is 14.6 Å². The van der Waals surface area contributed by atoms with E-state index in [-0.39, 0.29) is 11.9 Å². The van der Waals surface area contributed by atoms with Crippen molar-refractivity contribution in [3.05, 3.63) is 35.6 Å². The third-order valence-corrected chi connectivity index (χ3v) is 3.62. The van der Waals surface area contributed by atoms with Gasteiger partial charge in [0.15, 0.2) is 0 Å². The Bertz CT molecular complexity index is 447. The highest BCUT2D eigenvalue weighted by atomic mass is 19.1. The van der Waals surface area contributed by atoms with Gasteiger partial charge in [-0.1, -0.05) is 12.1 Å². The number of ether oxygens (including phenoxy) is 1. The first-order valence-corrected chi connectivity index (χ1v) is 6.86. The Labute approximate surface area is 118 Å². The minimum absolute atomic E-state index is 0.201. The minimum atomic E-state index is -1.13. The van der Waals surface area contributed by atoms with Crippen molar-refractivity contribution in [1.29, 1.82) is 0 Å². The van der Waals surface area contributed by atoms with Crippen LogP contribution in [0.25, 0.3) is 0 Å². The maximum atomic E-state index is 13.2. The van der Waals surface area contributed by atoms with Crippen LogP contribution in [-0.2, 0) is 4.74 Å². The molecule has 0 saturated carbocycles. The molecule has 2 rings (SSSR count). The van der Waals surface area contributed by atoms with Gasteiger partial charge in [-0.2, -0.15) is 0 Å². The number of aliphatic hydroxyl groups is 2. The lowest BCUT2D eigenvalue weighted by molar-refractivity contribution is -0.0870. The van der Waals surface area contributed by atoms with Crippen molar-refractivity contribution in [3.63, 3.8) is 0 Å². The van der Waals surface area contributed by atoms with Crippen LogP contribution in [0, 0.1) is 5.82 Å². The van der Waals surface area contributed by atoms with Crippen LogP contribution in [0.15, 0.2) is 24.3 Å². The third kappa shape index (κ3) is 3.99. The highest BCUT2D eigenvalue weighted by molar-refractivity contribution is 5.19. The van der Waals surface area contributed by atoms with Crippen molar-refractivity contribution in [1.82, 2.24) is 4.90 Å². The van der Waals surface area contributed by atoms with Gasteiger partial charge in [-0.3, -0.25) is 4.90 Å². The number of hydrogen-bond acceptors (Lipinski definition) is 4. The smallest absolute Gasteiger partial charge is 0.123 e. The maximum Gasteiger partial charge on any atom is 0.123 e. The van der Waals surface area contributed by atoms with E-state index in [0.717, 1.165) is 5.56 Å². The van der Waals surface area contributed by atoms with E-state index in [4.69, 9.17) is 4.74 Å². The van der Waals surface area contributed by atoms with Crippen LogP contribution >= 0.6 is 0 Å². The summed E-state index contributed by atoms with van der Waals surface area (Å²) in [6.45, 7) is 5.35. The second-order valence-corrected chi connectivity index (χ2v) is 5.84. The van der Waals surface area contributed by atoms with Crippen LogP contribution in [0.5, 0.6) is 0 Å². The van der Waals surface area contributed by atoms with Crippen LogP contribution in [0.1, 0.15) is 25.5 Å². The molecule has 1 aliphatic rings. The van der Waals surface area contributed by atoms with E-state index >= 15 is 0 Å². The molecule has 1 heterocycles. The average molecular weight is 283 g/mol. The molecule has 4 nitrogen and oxygen atoms in total. The zero-order valence-corrected chi connectivity index (χ0v) is 11.9. The Morgan fingerprint density at radius 2 is 2.25 bits per heavy atom. The lowest BCUT2D eigenvalue weighted by Crippen LogP contribution is -2.48. The third-order valence-electron chi connectivity index (χ3n) is 3.62. The van der Waals surface area contributed by atoms with Crippen LogP contribution in [0.2, 0.25) is 0 Å². The molecule has 20 heavy (non-hydrogen) atoms. The lowest BCUT2D eigenvalue weighted by atomic mass is 10.0. The first kappa shape index (κ1) is 15.4. The molecule has 5 heteroatoms. The summed E-state index contributed by atoms with van der Waals surface area (Å²) in [6.07, 6.45) is -1.03. The van der Waals surface area contributed by atoms with Crippen molar-refractivity contribution in [2.75, 3.05) is 26.2 Å². The van der Waals surface area contributed by atoms with Crippen molar-refractivity contribution >= 4 is 0 Å². The Hall–Kier alpha value is -1.01. The molecule has 1 aliphatic heterocycles. The van der Waals surface area contributed by atoms with Gasteiger partial charge >= 0.3 is 0 Å². The first-order valence-electron chi connectivity index (χ1n) is 6.86. The molecule has 1 aromatic carbocycles. The number of halogens is 1. The van der Waals surface area contributed by atoms with Gasteiger partial charge in [-0.05, 0) is 31.5 Å². The fourth-order valence-corrected chi connectivity index (χ4v) is 2.24. The van der Waals surface area contributed by atoms with Crippen molar-refractivity contribution in [2.45, 2.75) is 31.7 Å². The molecule has 112 valence electrons. The van der Waals surface area contributed by atoms with Crippen LogP contribution < -0.4 is 0 Å². The summed E-state index contributed by atoms with van der Waals surface area (Å²) >= 11 is 0. The largest absolute Gasteiger partial charge is 0.389 e. The SMILES string of the molecule is CC(C)(O)C(O)CN1CCOC(c2cccc(F)c2)C1. The van der Waals surface area contributed by atoms with Crippen LogP contribution in [0.4, 0.5) is 4.39 Å². The predicted octanol–water partition coefficient (Wildman–Crippen LogP) is 1.33. The quantitative estimate of drug-likeness (QED) is 0.875. The molecule has 1 saturated heterocycles. The monoisotopic (exact) mass is 283 g/mol. The number of benzene rings is 1. The Kier molecular flexibility index (Phi) is 4.75. The van der Waals surface area contributed by atoms with Gasteiger partial charge in [0, 0.05) is 19.6 Å². The summed E-state index contributed by atoms with van der Waals surface area (Å²) in [5.41, 5.74) is -0.334. The number of hydrogen-bond donors (Lipinski definition) is 2. The Morgan fingerprint density at radius 3 is 2.90 bits per heavy atom. The van der Waals surface area contributed by atoms with Gasteiger partial charge in [0.1, 0.15) is 5.82 Å². The first-order chi connectivity index (χ1) is 9.36. The fraction of sp³-hybridized carbons (Fsp3) is 0.600. The molecular weight excluding hydrogens is 261 g/mol. The van der Waals surface area contributed by atoms with Gasteiger partial charge in [0.25, 0.3) is 0 Å². The minimum Gasteiger partial charge on any atom is -0.389 e. The Morgan fingerprint density at radius 1 is 1.50 bits per heavy atom. The molecule has 0 aliphatic carbocycles. The maximum absolute atomic E-state index is 13.2. The normalized spacial score (nSPS) is 22.8. The molecule has 0 spiro atoms. The molecular formula is C15H22FNO3. The summed E-state index contributed by atoms with van der Waals surface area (Å²) in [6, 6.07) is 6.38. The average Bonchev–Trinajstić information content (AvgIpc) is 2.38. The van der Waals surface area contributed by atoms with E-state index in [0.29, 0.717) is 26.2 Å². The second kappa shape index (κ2) is 6.18. The van der Waals surface area contributed by atoms with Gasteiger partial charge in [0.05, 0.1) is 24.4 Å². The molecule has 1 aromatic rings. The summed E-state index contributed by atoms with van der Waals surface area (Å²) in [4.78, 5) is 2.03. The molecule has 0 aromatic heterocycles. The van der Waals surface area contributed by atoms with Crippen LogP contribution in [-0.4, -0.2) is 53.1 Å². The molecule has 2 unspecified atom stereocenters.